The molecule has 0 amide bonds. The third-order valence-corrected chi connectivity index (χ3v) is 2.70. The van der Waals surface area contributed by atoms with Crippen molar-refractivity contribution in [1.29, 1.82) is 0 Å². The van der Waals surface area contributed by atoms with Crippen LogP contribution < -0.4 is 0 Å². The second-order valence-electron chi connectivity index (χ2n) is 3.91. The highest BCUT2D eigenvalue weighted by Crippen LogP contribution is 2.22. The zero-order valence-electron chi connectivity index (χ0n) is 10.4. The van der Waals surface area contributed by atoms with Gasteiger partial charge in [-0.3, -0.25) is 4.79 Å². The van der Waals surface area contributed by atoms with Gasteiger partial charge in [-0.05, 0) is 20.3 Å². The van der Waals surface area contributed by atoms with Gasteiger partial charge in [-0.25, -0.2) is 4.98 Å². The maximum atomic E-state index is 11.3. The van der Waals surface area contributed by atoms with E-state index in [9.17, 15) is 9.90 Å². The minimum atomic E-state index is -0.281. The Kier molecular flexibility index (Phi) is 3.45. The summed E-state index contributed by atoms with van der Waals surface area (Å²) >= 11 is 0. The molecule has 18 heavy (non-hydrogen) atoms. The zero-order valence-corrected chi connectivity index (χ0v) is 10.4. The molecule has 2 rings (SSSR count). The first kappa shape index (κ1) is 12.3. The van der Waals surface area contributed by atoms with Crippen LogP contribution in [0.1, 0.15) is 24.6 Å². The Labute approximate surface area is 104 Å². The van der Waals surface area contributed by atoms with E-state index in [0.29, 0.717) is 29.9 Å². The van der Waals surface area contributed by atoms with Crippen LogP contribution in [0.3, 0.4) is 0 Å². The number of aromatic nitrogens is 3. The Morgan fingerprint density at radius 3 is 3.06 bits per heavy atom. The van der Waals surface area contributed by atoms with Crippen molar-refractivity contribution >= 4 is 11.6 Å². The quantitative estimate of drug-likeness (QED) is 0.825. The van der Waals surface area contributed by atoms with E-state index in [0.717, 1.165) is 0 Å². The number of hydrogen-bond acceptors (Lipinski definition) is 5. The summed E-state index contributed by atoms with van der Waals surface area (Å²) in [7, 11) is 0. The van der Waals surface area contributed by atoms with Gasteiger partial charge >= 0.3 is 5.97 Å². The number of esters is 1. The van der Waals surface area contributed by atoms with Crippen LogP contribution in [-0.4, -0.2) is 32.3 Å². The van der Waals surface area contributed by atoms with E-state index in [2.05, 4.69) is 10.1 Å². The zero-order chi connectivity index (χ0) is 13.1. The summed E-state index contributed by atoms with van der Waals surface area (Å²) in [6.45, 7) is 3.92. The van der Waals surface area contributed by atoms with Crippen molar-refractivity contribution in [3.8, 4) is 5.88 Å². The topological polar surface area (TPSA) is 76.7 Å². The van der Waals surface area contributed by atoms with E-state index in [1.54, 1.807) is 26.1 Å². The molecule has 2 heterocycles. The lowest BCUT2D eigenvalue weighted by molar-refractivity contribution is -0.143. The molecule has 0 saturated heterocycles. The molecule has 0 fully saturated rings. The van der Waals surface area contributed by atoms with Gasteiger partial charge < -0.3 is 9.84 Å². The first-order valence-corrected chi connectivity index (χ1v) is 5.81. The SMILES string of the molecule is CCOC(=O)CCc1c(C)nc2ccnn2c1O. The molecule has 0 spiro atoms. The number of carbonyl (C=O) groups is 1. The lowest BCUT2D eigenvalue weighted by Crippen LogP contribution is -2.08. The maximum Gasteiger partial charge on any atom is 0.306 e. The van der Waals surface area contributed by atoms with Crippen LogP contribution in [0.5, 0.6) is 5.88 Å². The fourth-order valence-electron chi connectivity index (χ4n) is 1.83. The van der Waals surface area contributed by atoms with E-state index in [4.69, 9.17) is 4.74 Å². The van der Waals surface area contributed by atoms with Crippen molar-refractivity contribution in [3.63, 3.8) is 0 Å². The van der Waals surface area contributed by atoms with Gasteiger partial charge in [0.15, 0.2) is 5.65 Å². The van der Waals surface area contributed by atoms with Crippen LogP contribution >= 0.6 is 0 Å². The van der Waals surface area contributed by atoms with E-state index < -0.39 is 0 Å². The van der Waals surface area contributed by atoms with Crippen molar-refractivity contribution < 1.29 is 14.6 Å². The number of carbonyl (C=O) groups excluding carboxylic acids is 1. The van der Waals surface area contributed by atoms with E-state index in [1.165, 1.54) is 4.52 Å². The predicted molar refractivity (Wildman–Crippen MR) is 64.3 cm³/mol. The van der Waals surface area contributed by atoms with Crippen LogP contribution in [0.15, 0.2) is 12.3 Å². The second kappa shape index (κ2) is 5.03. The van der Waals surface area contributed by atoms with Gasteiger partial charge in [-0.2, -0.15) is 9.61 Å². The average Bonchev–Trinajstić information content (AvgIpc) is 2.77. The monoisotopic (exact) mass is 249 g/mol. The summed E-state index contributed by atoms with van der Waals surface area (Å²) in [5, 5.41) is 14.0. The maximum absolute atomic E-state index is 11.3. The van der Waals surface area contributed by atoms with Gasteiger partial charge in [-0.15, -0.1) is 0 Å². The molecule has 2 aromatic rings. The van der Waals surface area contributed by atoms with E-state index in [1.807, 2.05) is 0 Å². The molecule has 0 unspecified atom stereocenters. The fourth-order valence-corrected chi connectivity index (χ4v) is 1.83. The molecule has 0 aliphatic rings. The number of hydrogen-bond donors (Lipinski definition) is 1. The lowest BCUT2D eigenvalue weighted by Gasteiger charge is -2.08. The van der Waals surface area contributed by atoms with E-state index in [-0.39, 0.29) is 18.3 Å². The largest absolute Gasteiger partial charge is 0.493 e. The van der Waals surface area contributed by atoms with Gasteiger partial charge in [-0.1, -0.05) is 0 Å². The second-order valence-corrected chi connectivity index (χ2v) is 3.91. The molecule has 2 aromatic heterocycles. The Balaban J connectivity index is 2.24. The van der Waals surface area contributed by atoms with Crippen molar-refractivity contribution in [2.45, 2.75) is 26.7 Å². The number of rotatable bonds is 4. The Morgan fingerprint density at radius 1 is 1.56 bits per heavy atom. The van der Waals surface area contributed by atoms with Gasteiger partial charge in [0, 0.05) is 23.7 Å². The number of ether oxygens (including phenoxy) is 1. The average molecular weight is 249 g/mol. The van der Waals surface area contributed by atoms with Crippen LogP contribution in [0.4, 0.5) is 0 Å². The minimum absolute atomic E-state index is 0.0341. The molecule has 0 atom stereocenters. The molecule has 0 aromatic carbocycles. The van der Waals surface area contributed by atoms with E-state index >= 15 is 0 Å². The molecule has 96 valence electrons. The predicted octanol–water partition coefficient (Wildman–Crippen LogP) is 1.24. The van der Waals surface area contributed by atoms with Crippen molar-refractivity contribution in [1.82, 2.24) is 14.6 Å². The lowest BCUT2D eigenvalue weighted by atomic mass is 10.1. The van der Waals surface area contributed by atoms with Crippen molar-refractivity contribution in [3.05, 3.63) is 23.5 Å². The summed E-state index contributed by atoms with van der Waals surface area (Å²) in [5.41, 5.74) is 1.91. The third kappa shape index (κ3) is 2.27. The first-order valence-electron chi connectivity index (χ1n) is 5.81. The summed E-state index contributed by atoms with van der Waals surface area (Å²) in [6, 6.07) is 1.71. The molecule has 6 heteroatoms. The fraction of sp³-hybridized carbons (Fsp3) is 0.417. The smallest absolute Gasteiger partial charge is 0.306 e. The number of aromatic hydroxyl groups is 1. The number of fused-ring (bicyclic) bond motifs is 1. The minimum Gasteiger partial charge on any atom is -0.493 e. The van der Waals surface area contributed by atoms with Gasteiger partial charge in [0.05, 0.1) is 12.8 Å². The molecule has 0 saturated carbocycles. The third-order valence-electron chi connectivity index (χ3n) is 2.70. The molecule has 0 radical (unpaired) electrons. The number of nitrogens with zero attached hydrogens (tertiary/aromatic N) is 3. The van der Waals surface area contributed by atoms with Crippen LogP contribution in [0.2, 0.25) is 0 Å². The summed E-state index contributed by atoms with van der Waals surface area (Å²) in [6.07, 6.45) is 2.17. The Morgan fingerprint density at radius 2 is 2.33 bits per heavy atom. The molecular formula is C12H15N3O3. The van der Waals surface area contributed by atoms with Crippen LogP contribution in [-0.2, 0) is 16.0 Å². The highest BCUT2D eigenvalue weighted by Gasteiger charge is 2.14. The van der Waals surface area contributed by atoms with Gasteiger partial charge in [0.2, 0.25) is 5.88 Å². The van der Waals surface area contributed by atoms with Crippen LogP contribution in [0, 0.1) is 6.92 Å². The highest BCUT2D eigenvalue weighted by molar-refractivity contribution is 5.69. The van der Waals surface area contributed by atoms with Gasteiger partial charge in [0.1, 0.15) is 0 Å². The summed E-state index contributed by atoms with van der Waals surface area (Å²) in [5.74, 6) is -0.247. The molecule has 6 nitrogen and oxygen atoms in total. The highest BCUT2D eigenvalue weighted by atomic mass is 16.5. The molecule has 0 aliphatic carbocycles. The van der Waals surface area contributed by atoms with Crippen molar-refractivity contribution in [2.75, 3.05) is 6.61 Å². The molecule has 1 N–H and O–H groups in total. The number of aryl methyl sites for hydroxylation is 1. The Bertz CT molecular complexity index is 577. The Hall–Kier alpha value is -2.11. The molecule has 0 bridgehead atoms. The first-order chi connectivity index (χ1) is 8.63. The van der Waals surface area contributed by atoms with Crippen LogP contribution in [0.25, 0.3) is 5.65 Å². The van der Waals surface area contributed by atoms with Gasteiger partial charge in [0.25, 0.3) is 0 Å². The molecular weight excluding hydrogens is 234 g/mol. The normalized spacial score (nSPS) is 10.8. The molecule has 0 aliphatic heterocycles. The standard InChI is InChI=1S/C12H15N3O3/c1-3-18-11(16)5-4-9-8(2)14-10-6-7-13-15(10)12(9)17/h6-7,17H,3-5H2,1-2H3. The summed E-state index contributed by atoms with van der Waals surface area (Å²) < 4.78 is 6.21. The van der Waals surface area contributed by atoms with Crippen molar-refractivity contribution in [2.24, 2.45) is 0 Å². The summed E-state index contributed by atoms with van der Waals surface area (Å²) in [4.78, 5) is 15.6.